The van der Waals surface area contributed by atoms with Gasteiger partial charge in [0, 0.05) is 18.2 Å². The fraction of sp³-hybridized carbons (Fsp3) is 0.364. The van der Waals surface area contributed by atoms with Crippen LogP contribution < -0.4 is 9.64 Å². The molecule has 0 bridgehead atoms. The molecule has 2 aromatic carbocycles. The molecule has 1 amide bonds. The lowest BCUT2D eigenvalue weighted by atomic mass is 10.1. The molecule has 5 nitrogen and oxygen atoms in total. The van der Waals surface area contributed by atoms with E-state index in [1.54, 1.807) is 12.0 Å². The Bertz CT molecular complexity index is 1010. The summed E-state index contributed by atoms with van der Waals surface area (Å²) in [6.45, 7) is 5.35. The zero-order valence-electron chi connectivity index (χ0n) is 16.4. The number of amides is 1. The summed E-state index contributed by atoms with van der Waals surface area (Å²) in [5.41, 5.74) is 3.80. The molecule has 6 heteroatoms. The van der Waals surface area contributed by atoms with E-state index in [1.807, 2.05) is 43.3 Å². The first-order chi connectivity index (χ1) is 13.5. The Labute approximate surface area is 168 Å². The van der Waals surface area contributed by atoms with E-state index < -0.39 is 0 Å². The molecule has 1 aliphatic heterocycles. The van der Waals surface area contributed by atoms with E-state index in [9.17, 15) is 4.79 Å². The van der Waals surface area contributed by atoms with Crippen molar-refractivity contribution in [3.63, 3.8) is 0 Å². The van der Waals surface area contributed by atoms with Gasteiger partial charge in [-0.3, -0.25) is 9.69 Å². The van der Waals surface area contributed by atoms with Crippen molar-refractivity contribution in [1.29, 1.82) is 0 Å². The van der Waals surface area contributed by atoms with E-state index in [0.29, 0.717) is 17.2 Å². The van der Waals surface area contributed by atoms with Gasteiger partial charge in [0.2, 0.25) is 0 Å². The van der Waals surface area contributed by atoms with Crippen molar-refractivity contribution in [3.8, 4) is 5.75 Å². The van der Waals surface area contributed by atoms with Crippen LogP contribution in [-0.4, -0.2) is 37.3 Å². The molecule has 0 N–H and O–H groups in total. The van der Waals surface area contributed by atoms with Crippen molar-refractivity contribution in [2.24, 2.45) is 0 Å². The van der Waals surface area contributed by atoms with Crippen LogP contribution in [0.3, 0.4) is 0 Å². The molecule has 2 heterocycles. The molecule has 1 unspecified atom stereocenters. The average Bonchev–Trinajstić information content (AvgIpc) is 3.36. The number of methoxy groups -OCH3 is 1. The van der Waals surface area contributed by atoms with Crippen LogP contribution in [0, 0.1) is 13.8 Å². The van der Waals surface area contributed by atoms with Gasteiger partial charge in [-0.25, -0.2) is 4.98 Å². The number of nitrogens with zero attached hydrogens (tertiary/aromatic N) is 2. The molecule has 28 heavy (non-hydrogen) atoms. The van der Waals surface area contributed by atoms with Crippen molar-refractivity contribution in [2.45, 2.75) is 32.8 Å². The van der Waals surface area contributed by atoms with Gasteiger partial charge in [-0.15, -0.1) is 0 Å². The fourth-order valence-electron chi connectivity index (χ4n) is 3.41. The number of carbonyl (C=O) groups is 1. The van der Waals surface area contributed by atoms with Crippen LogP contribution >= 0.6 is 11.3 Å². The Hall–Kier alpha value is -2.44. The van der Waals surface area contributed by atoms with Gasteiger partial charge in [-0.1, -0.05) is 17.4 Å². The predicted octanol–water partition coefficient (Wildman–Crippen LogP) is 4.75. The lowest BCUT2D eigenvalue weighted by molar-refractivity contribution is 0.0917. The Morgan fingerprint density at radius 2 is 2.11 bits per heavy atom. The van der Waals surface area contributed by atoms with Crippen LogP contribution in [0.25, 0.3) is 10.2 Å². The highest BCUT2D eigenvalue weighted by atomic mass is 32.1. The van der Waals surface area contributed by atoms with Crippen LogP contribution in [0.4, 0.5) is 5.13 Å². The minimum atomic E-state index is -0.0374. The molecule has 1 atom stereocenters. The van der Waals surface area contributed by atoms with Crippen molar-refractivity contribution in [1.82, 2.24) is 4.98 Å². The van der Waals surface area contributed by atoms with Crippen LogP contribution in [0.15, 0.2) is 36.4 Å². The summed E-state index contributed by atoms with van der Waals surface area (Å²) < 4.78 is 12.1. The highest BCUT2D eigenvalue weighted by Crippen LogP contribution is 2.33. The number of ether oxygens (including phenoxy) is 2. The van der Waals surface area contributed by atoms with Gasteiger partial charge in [0.1, 0.15) is 5.75 Å². The van der Waals surface area contributed by atoms with Gasteiger partial charge in [0.25, 0.3) is 5.91 Å². The number of hydrogen-bond acceptors (Lipinski definition) is 5. The number of thiazole rings is 1. The third kappa shape index (κ3) is 3.75. The van der Waals surface area contributed by atoms with E-state index >= 15 is 0 Å². The van der Waals surface area contributed by atoms with E-state index in [1.165, 1.54) is 16.9 Å². The first-order valence-corrected chi connectivity index (χ1v) is 10.3. The van der Waals surface area contributed by atoms with Gasteiger partial charge < -0.3 is 9.47 Å². The van der Waals surface area contributed by atoms with Gasteiger partial charge in [-0.05, 0) is 62.1 Å². The summed E-state index contributed by atoms with van der Waals surface area (Å²) in [6, 6.07) is 11.6. The molecule has 0 saturated carbocycles. The Kier molecular flexibility index (Phi) is 5.33. The number of hydrogen-bond donors (Lipinski definition) is 0. The van der Waals surface area contributed by atoms with Crippen LogP contribution in [-0.2, 0) is 4.74 Å². The molecule has 1 fully saturated rings. The molecular weight excluding hydrogens is 372 g/mol. The standard InChI is InChI=1S/C22H24N2O3S/c1-14-6-7-16(11-15(14)2)21(25)24(13-18-5-4-10-27-18)22-23-19-12-17(26-3)8-9-20(19)28-22/h6-9,11-12,18H,4-5,10,13H2,1-3H3. The second-order valence-corrected chi connectivity index (χ2v) is 8.19. The molecule has 0 radical (unpaired) electrons. The highest BCUT2D eigenvalue weighted by Gasteiger charge is 2.27. The third-order valence-corrected chi connectivity index (χ3v) is 6.28. The Balaban J connectivity index is 1.72. The molecule has 1 aromatic heterocycles. The number of rotatable bonds is 5. The van der Waals surface area contributed by atoms with Gasteiger partial charge in [0.15, 0.2) is 5.13 Å². The van der Waals surface area contributed by atoms with Gasteiger partial charge in [0.05, 0.1) is 30.0 Å². The maximum Gasteiger partial charge on any atom is 0.260 e. The second kappa shape index (κ2) is 7.89. The Morgan fingerprint density at radius 3 is 2.82 bits per heavy atom. The molecular formula is C22H24N2O3S. The first kappa shape index (κ1) is 18.9. The van der Waals surface area contributed by atoms with Gasteiger partial charge >= 0.3 is 0 Å². The minimum absolute atomic E-state index is 0.0374. The summed E-state index contributed by atoms with van der Waals surface area (Å²) in [7, 11) is 1.64. The predicted molar refractivity (Wildman–Crippen MR) is 113 cm³/mol. The molecule has 1 aliphatic rings. The fourth-order valence-corrected chi connectivity index (χ4v) is 4.36. The molecule has 3 aromatic rings. The van der Waals surface area contributed by atoms with E-state index in [2.05, 4.69) is 6.92 Å². The summed E-state index contributed by atoms with van der Waals surface area (Å²) in [4.78, 5) is 19.9. The first-order valence-electron chi connectivity index (χ1n) is 9.50. The molecule has 0 aliphatic carbocycles. The van der Waals surface area contributed by atoms with Crippen LogP contribution in [0.1, 0.15) is 34.3 Å². The maximum absolute atomic E-state index is 13.4. The maximum atomic E-state index is 13.4. The highest BCUT2D eigenvalue weighted by molar-refractivity contribution is 7.22. The zero-order chi connectivity index (χ0) is 19.7. The second-order valence-electron chi connectivity index (χ2n) is 7.18. The van der Waals surface area contributed by atoms with Crippen LogP contribution in [0.5, 0.6) is 5.75 Å². The van der Waals surface area contributed by atoms with Crippen molar-refractivity contribution in [2.75, 3.05) is 25.2 Å². The number of carbonyl (C=O) groups excluding carboxylic acids is 1. The topological polar surface area (TPSA) is 51.7 Å². The van der Waals surface area contributed by atoms with Crippen molar-refractivity contribution in [3.05, 3.63) is 53.1 Å². The summed E-state index contributed by atoms with van der Waals surface area (Å²) >= 11 is 1.52. The van der Waals surface area contributed by atoms with Crippen molar-refractivity contribution >= 4 is 32.6 Å². The average molecular weight is 397 g/mol. The Morgan fingerprint density at radius 1 is 1.25 bits per heavy atom. The quantitative estimate of drug-likeness (QED) is 0.625. The van der Waals surface area contributed by atoms with Crippen molar-refractivity contribution < 1.29 is 14.3 Å². The summed E-state index contributed by atoms with van der Waals surface area (Å²) in [5.74, 6) is 0.722. The van der Waals surface area contributed by atoms with E-state index in [0.717, 1.165) is 41.0 Å². The summed E-state index contributed by atoms with van der Waals surface area (Å²) in [6.07, 6.45) is 2.06. The van der Waals surface area contributed by atoms with E-state index in [4.69, 9.17) is 14.5 Å². The molecule has 0 spiro atoms. The number of benzene rings is 2. The lowest BCUT2D eigenvalue weighted by Crippen LogP contribution is -2.37. The largest absolute Gasteiger partial charge is 0.497 e. The number of anilines is 1. The SMILES string of the molecule is COc1ccc2sc(N(CC3CCCO3)C(=O)c3ccc(C)c(C)c3)nc2c1. The minimum Gasteiger partial charge on any atom is -0.497 e. The number of fused-ring (bicyclic) bond motifs is 1. The monoisotopic (exact) mass is 396 g/mol. The summed E-state index contributed by atoms with van der Waals surface area (Å²) in [5, 5.41) is 0.696. The number of aromatic nitrogens is 1. The normalized spacial score (nSPS) is 16.5. The van der Waals surface area contributed by atoms with Gasteiger partial charge in [-0.2, -0.15) is 0 Å². The zero-order valence-corrected chi connectivity index (χ0v) is 17.2. The smallest absolute Gasteiger partial charge is 0.260 e. The molecule has 4 rings (SSSR count). The molecule has 146 valence electrons. The third-order valence-electron chi connectivity index (χ3n) is 5.22. The van der Waals surface area contributed by atoms with E-state index in [-0.39, 0.29) is 12.0 Å². The molecule has 1 saturated heterocycles. The van der Waals surface area contributed by atoms with Crippen LogP contribution in [0.2, 0.25) is 0 Å². The lowest BCUT2D eigenvalue weighted by Gasteiger charge is -2.23. The number of aryl methyl sites for hydroxylation is 2.